The lowest BCUT2D eigenvalue weighted by Gasteiger charge is -2.43. The molecule has 4 atom stereocenters. The first-order chi connectivity index (χ1) is 9.78. The Morgan fingerprint density at radius 2 is 2.10 bits per heavy atom. The van der Waals surface area contributed by atoms with Crippen LogP contribution >= 0.6 is 0 Å². The van der Waals surface area contributed by atoms with Gasteiger partial charge in [0.2, 0.25) is 0 Å². The third kappa shape index (κ3) is 3.96. The zero-order valence-electron chi connectivity index (χ0n) is 13.2. The van der Waals surface area contributed by atoms with Crippen LogP contribution in [0.1, 0.15) is 58.8 Å². The predicted octanol–water partition coefficient (Wildman–Crippen LogP) is 3.60. The number of nitrogens with zero attached hydrogens (tertiary/aromatic N) is 2. The Bertz CT molecular complexity index is 323. The van der Waals surface area contributed by atoms with Crippen LogP contribution in [0.2, 0.25) is 0 Å². The predicted molar refractivity (Wildman–Crippen MR) is 81.4 cm³/mol. The highest BCUT2D eigenvalue weighted by molar-refractivity contribution is 4.98. The van der Waals surface area contributed by atoms with E-state index >= 15 is 0 Å². The monoisotopic (exact) mass is 278 g/mol. The largest absolute Gasteiger partial charge is 0.377 e. The first-order valence-electron chi connectivity index (χ1n) is 8.53. The lowest BCUT2D eigenvalue weighted by molar-refractivity contribution is -0.0229. The van der Waals surface area contributed by atoms with E-state index in [1.165, 1.54) is 38.5 Å². The van der Waals surface area contributed by atoms with Crippen molar-refractivity contribution < 1.29 is 4.74 Å². The van der Waals surface area contributed by atoms with Gasteiger partial charge in [-0.05, 0) is 51.5 Å². The molecule has 0 amide bonds. The van der Waals surface area contributed by atoms with Crippen LogP contribution in [0, 0.1) is 23.2 Å². The molecule has 1 aliphatic heterocycles. The van der Waals surface area contributed by atoms with Gasteiger partial charge in [-0.1, -0.05) is 19.8 Å². The zero-order chi connectivity index (χ0) is 14.4. The molecular formula is C17H30N2O. The number of likely N-dealkylation sites (tertiary alicyclic amines) is 1. The second-order valence-corrected chi connectivity index (χ2v) is 6.49. The highest BCUT2D eigenvalue weighted by Crippen LogP contribution is 2.35. The van der Waals surface area contributed by atoms with Crippen LogP contribution in [0.15, 0.2) is 0 Å². The topological polar surface area (TPSA) is 36.3 Å². The Kier molecular flexibility index (Phi) is 6.32. The van der Waals surface area contributed by atoms with Crippen LogP contribution in [0.5, 0.6) is 0 Å². The van der Waals surface area contributed by atoms with E-state index in [0.29, 0.717) is 12.1 Å². The van der Waals surface area contributed by atoms with Crippen LogP contribution in [0.3, 0.4) is 0 Å². The molecule has 1 heterocycles. The smallest absolute Gasteiger partial charge is 0.0702 e. The Labute approximate surface area is 124 Å². The molecule has 2 aliphatic rings. The lowest BCUT2D eigenvalue weighted by Crippen LogP contribution is -2.50. The van der Waals surface area contributed by atoms with Gasteiger partial charge in [-0.15, -0.1) is 0 Å². The summed E-state index contributed by atoms with van der Waals surface area (Å²) in [6.45, 7) is 7.36. The van der Waals surface area contributed by atoms with Crippen molar-refractivity contribution in [2.45, 2.75) is 70.9 Å². The van der Waals surface area contributed by atoms with Crippen LogP contribution in [0.25, 0.3) is 0 Å². The van der Waals surface area contributed by atoms with E-state index in [9.17, 15) is 5.26 Å². The van der Waals surface area contributed by atoms with Crippen molar-refractivity contribution in [3.05, 3.63) is 0 Å². The number of piperidine rings is 1. The molecule has 0 N–H and O–H groups in total. The molecule has 2 fully saturated rings. The normalized spacial score (nSPS) is 35.6. The van der Waals surface area contributed by atoms with Crippen LogP contribution in [0.4, 0.5) is 0 Å². The van der Waals surface area contributed by atoms with Crippen molar-refractivity contribution in [2.24, 2.45) is 11.8 Å². The zero-order valence-corrected chi connectivity index (χ0v) is 13.2. The maximum Gasteiger partial charge on any atom is 0.0702 e. The summed E-state index contributed by atoms with van der Waals surface area (Å²) in [6.07, 6.45) is 8.98. The van der Waals surface area contributed by atoms with Gasteiger partial charge in [0.15, 0.2) is 0 Å². The summed E-state index contributed by atoms with van der Waals surface area (Å²) in [5.74, 6) is 1.07. The molecule has 1 saturated carbocycles. The lowest BCUT2D eigenvalue weighted by atomic mass is 9.76. The molecule has 0 aromatic rings. The first-order valence-corrected chi connectivity index (χ1v) is 8.53. The average Bonchev–Trinajstić information content (AvgIpc) is 2.48. The minimum atomic E-state index is 0.239. The maximum atomic E-state index is 9.47. The molecule has 0 aromatic carbocycles. The van der Waals surface area contributed by atoms with Gasteiger partial charge in [0, 0.05) is 19.2 Å². The van der Waals surface area contributed by atoms with Gasteiger partial charge < -0.3 is 4.74 Å². The SMILES string of the molecule is CCCC1CCC(C#N)C(N2CCCC(OCC)C2)C1. The molecule has 0 aromatic heterocycles. The van der Waals surface area contributed by atoms with Crippen molar-refractivity contribution in [1.82, 2.24) is 4.90 Å². The quantitative estimate of drug-likeness (QED) is 0.771. The van der Waals surface area contributed by atoms with Gasteiger partial charge in [0.05, 0.1) is 18.1 Å². The summed E-state index contributed by atoms with van der Waals surface area (Å²) < 4.78 is 5.82. The molecule has 3 nitrogen and oxygen atoms in total. The summed E-state index contributed by atoms with van der Waals surface area (Å²) in [5, 5.41) is 9.47. The van der Waals surface area contributed by atoms with Crippen LogP contribution in [-0.2, 0) is 4.74 Å². The molecule has 0 spiro atoms. The summed E-state index contributed by atoms with van der Waals surface area (Å²) in [4.78, 5) is 2.57. The van der Waals surface area contributed by atoms with E-state index in [2.05, 4.69) is 24.8 Å². The molecule has 1 saturated heterocycles. The Morgan fingerprint density at radius 3 is 2.80 bits per heavy atom. The van der Waals surface area contributed by atoms with E-state index in [1.54, 1.807) is 0 Å². The fraction of sp³-hybridized carbons (Fsp3) is 0.941. The Balaban J connectivity index is 1.97. The molecule has 4 unspecified atom stereocenters. The van der Waals surface area contributed by atoms with Gasteiger partial charge in [0.1, 0.15) is 0 Å². The average molecular weight is 278 g/mol. The molecule has 2 rings (SSSR count). The number of nitriles is 1. The molecule has 20 heavy (non-hydrogen) atoms. The van der Waals surface area contributed by atoms with Crippen molar-refractivity contribution in [2.75, 3.05) is 19.7 Å². The third-order valence-electron chi connectivity index (χ3n) is 5.07. The number of hydrogen-bond acceptors (Lipinski definition) is 3. The van der Waals surface area contributed by atoms with E-state index in [0.717, 1.165) is 32.0 Å². The Morgan fingerprint density at radius 1 is 1.25 bits per heavy atom. The van der Waals surface area contributed by atoms with Gasteiger partial charge in [-0.25, -0.2) is 0 Å². The molecule has 114 valence electrons. The van der Waals surface area contributed by atoms with Crippen LogP contribution in [-0.4, -0.2) is 36.7 Å². The summed E-state index contributed by atoms with van der Waals surface area (Å²) in [7, 11) is 0. The fourth-order valence-electron chi connectivity index (χ4n) is 4.10. The van der Waals surface area contributed by atoms with Gasteiger partial charge in [-0.2, -0.15) is 5.26 Å². The van der Waals surface area contributed by atoms with Crippen molar-refractivity contribution in [3.8, 4) is 6.07 Å². The highest BCUT2D eigenvalue weighted by atomic mass is 16.5. The highest BCUT2D eigenvalue weighted by Gasteiger charge is 2.36. The first kappa shape index (κ1) is 15.8. The standard InChI is InChI=1S/C17H30N2O/c1-3-6-14-8-9-15(12-18)17(11-14)19-10-5-7-16(13-19)20-4-2/h14-17H,3-11,13H2,1-2H3. The van der Waals surface area contributed by atoms with E-state index in [-0.39, 0.29) is 5.92 Å². The van der Waals surface area contributed by atoms with Crippen molar-refractivity contribution in [1.29, 1.82) is 5.26 Å². The minimum Gasteiger partial charge on any atom is -0.377 e. The maximum absolute atomic E-state index is 9.47. The molecule has 0 radical (unpaired) electrons. The third-order valence-corrected chi connectivity index (χ3v) is 5.07. The van der Waals surface area contributed by atoms with E-state index in [4.69, 9.17) is 4.74 Å². The van der Waals surface area contributed by atoms with E-state index < -0.39 is 0 Å². The van der Waals surface area contributed by atoms with Gasteiger partial charge in [-0.3, -0.25) is 4.90 Å². The van der Waals surface area contributed by atoms with Crippen LogP contribution < -0.4 is 0 Å². The second kappa shape index (κ2) is 8.00. The summed E-state index contributed by atoms with van der Waals surface area (Å²) >= 11 is 0. The summed E-state index contributed by atoms with van der Waals surface area (Å²) in [5.41, 5.74) is 0. The van der Waals surface area contributed by atoms with Gasteiger partial charge in [0.25, 0.3) is 0 Å². The fourth-order valence-corrected chi connectivity index (χ4v) is 4.10. The number of rotatable bonds is 5. The minimum absolute atomic E-state index is 0.239. The van der Waals surface area contributed by atoms with Crippen molar-refractivity contribution in [3.63, 3.8) is 0 Å². The van der Waals surface area contributed by atoms with Crippen molar-refractivity contribution >= 4 is 0 Å². The Hall–Kier alpha value is -0.590. The van der Waals surface area contributed by atoms with Gasteiger partial charge >= 0.3 is 0 Å². The molecular weight excluding hydrogens is 248 g/mol. The number of ether oxygens (including phenoxy) is 1. The molecule has 0 bridgehead atoms. The second-order valence-electron chi connectivity index (χ2n) is 6.49. The molecule has 3 heteroatoms. The number of hydrogen-bond donors (Lipinski definition) is 0. The van der Waals surface area contributed by atoms with E-state index in [1.807, 2.05) is 0 Å². The summed E-state index contributed by atoms with van der Waals surface area (Å²) in [6, 6.07) is 3.06. The molecule has 1 aliphatic carbocycles.